The molecule has 30 heavy (non-hydrogen) atoms. The fraction of sp³-hybridized carbons (Fsp3) is 0.391. The van der Waals surface area contributed by atoms with Gasteiger partial charge in [0, 0.05) is 6.54 Å². The molecular weight excluding hydrogens is 398 g/mol. The van der Waals surface area contributed by atoms with Crippen molar-refractivity contribution < 1.29 is 14.1 Å². The molecule has 7 heteroatoms. The Bertz CT molecular complexity index is 997. The molecule has 1 saturated carbocycles. The number of aromatic nitrogens is 1. The maximum Gasteiger partial charge on any atom is 0.332 e. The zero-order chi connectivity index (χ0) is 20.9. The highest BCUT2D eigenvalue weighted by Crippen LogP contribution is 2.33. The minimum absolute atomic E-state index is 0.313. The van der Waals surface area contributed by atoms with Crippen LogP contribution >= 0.6 is 12.8 Å². The second-order valence-corrected chi connectivity index (χ2v) is 8.43. The minimum atomic E-state index is -0.313. The summed E-state index contributed by atoms with van der Waals surface area (Å²) in [5.74, 6) is 1.46. The van der Waals surface area contributed by atoms with Crippen molar-refractivity contribution in [1.82, 2.24) is 9.46 Å². The molecule has 1 aliphatic carbocycles. The third kappa shape index (κ3) is 4.90. The predicted octanol–water partition coefficient (Wildman–Crippen LogP) is 5.97. The van der Waals surface area contributed by atoms with E-state index in [2.05, 4.69) is 42.3 Å². The van der Waals surface area contributed by atoms with Crippen LogP contribution in [0.1, 0.15) is 43.2 Å². The van der Waals surface area contributed by atoms with Gasteiger partial charge in [-0.1, -0.05) is 73.1 Å². The fourth-order valence-corrected chi connectivity index (χ4v) is 4.16. The second kappa shape index (κ2) is 9.43. The molecule has 6 nitrogen and oxygen atoms in total. The summed E-state index contributed by atoms with van der Waals surface area (Å²) in [5, 5.41) is 7.52. The molecule has 0 spiro atoms. The zero-order valence-electron chi connectivity index (χ0n) is 17.1. The van der Waals surface area contributed by atoms with E-state index in [1.54, 1.807) is 6.07 Å². The Balaban J connectivity index is 1.46. The van der Waals surface area contributed by atoms with E-state index in [4.69, 9.17) is 9.26 Å². The van der Waals surface area contributed by atoms with Crippen molar-refractivity contribution in [3.8, 4) is 5.75 Å². The quantitative estimate of drug-likeness (QED) is 0.477. The highest BCUT2D eigenvalue weighted by atomic mass is 32.1. The molecule has 1 fully saturated rings. The standard InChI is InChI=1S/C23H27N3O3S/c1-16-10-12-18(13-11-16)15-28-19-8-5-9-20-21(19)22(25-29-20)24-23(27)26(30)14-17-6-3-2-4-7-17/h5,8-13,17,30H,2-4,6-7,14-15H2,1H3,(H,24,25,27). The number of thiol groups is 1. The van der Waals surface area contributed by atoms with Crippen molar-refractivity contribution in [2.24, 2.45) is 5.92 Å². The summed E-state index contributed by atoms with van der Waals surface area (Å²) >= 11 is 4.40. The van der Waals surface area contributed by atoms with Gasteiger partial charge in [-0.25, -0.2) is 4.79 Å². The molecule has 3 aromatic rings. The van der Waals surface area contributed by atoms with Gasteiger partial charge in [0.15, 0.2) is 11.4 Å². The Morgan fingerprint density at radius 1 is 1.20 bits per heavy atom. The average Bonchev–Trinajstić information content (AvgIpc) is 3.17. The van der Waals surface area contributed by atoms with Crippen LogP contribution in [0.4, 0.5) is 10.6 Å². The van der Waals surface area contributed by atoms with Crippen LogP contribution in [0, 0.1) is 12.8 Å². The summed E-state index contributed by atoms with van der Waals surface area (Å²) in [5.41, 5.74) is 2.83. The first kappa shape index (κ1) is 20.6. The third-order valence-corrected chi connectivity index (χ3v) is 5.94. The molecule has 0 unspecified atom stereocenters. The summed E-state index contributed by atoms with van der Waals surface area (Å²) < 4.78 is 12.9. The number of urea groups is 1. The topological polar surface area (TPSA) is 67.6 Å². The van der Waals surface area contributed by atoms with Gasteiger partial charge in [0.2, 0.25) is 0 Å². The first-order valence-corrected chi connectivity index (χ1v) is 10.8. The molecule has 0 saturated heterocycles. The maximum atomic E-state index is 12.7. The van der Waals surface area contributed by atoms with Crippen LogP contribution in [0.3, 0.4) is 0 Å². The SMILES string of the molecule is Cc1ccc(COc2cccc3onc(NC(=O)N(S)CC4CCCCC4)c23)cc1. The number of carbonyl (C=O) groups excluding carboxylic acids is 1. The number of fused-ring (bicyclic) bond motifs is 1. The first-order chi connectivity index (χ1) is 14.6. The molecule has 0 bridgehead atoms. The number of benzene rings is 2. The molecule has 2 amide bonds. The number of nitrogens with zero attached hydrogens (tertiary/aromatic N) is 2. The van der Waals surface area contributed by atoms with Crippen LogP contribution in [0.2, 0.25) is 0 Å². The number of ether oxygens (including phenoxy) is 1. The van der Waals surface area contributed by atoms with E-state index in [0.717, 1.165) is 18.4 Å². The molecule has 0 radical (unpaired) electrons. The molecule has 0 aliphatic heterocycles. The van der Waals surface area contributed by atoms with E-state index >= 15 is 0 Å². The minimum Gasteiger partial charge on any atom is -0.488 e. The van der Waals surface area contributed by atoms with E-state index in [-0.39, 0.29) is 6.03 Å². The van der Waals surface area contributed by atoms with Gasteiger partial charge in [-0.05, 0) is 43.4 Å². The van der Waals surface area contributed by atoms with Crippen LogP contribution in [0.5, 0.6) is 5.75 Å². The maximum absolute atomic E-state index is 12.7. The molecule has 1 aliphatic rings. The van der Waals surface area contributed by atoms with E-state index in [1.165, 1.54) is 29.1 Å². The van der Waals surface area contributed by atoms with E-state index in [0.29, 0.717) is 41.6 Å². The highest BCUT2D eigenvalue weighted by molar-refractivity contribution is 7.78. The molecular formula is C23H27N3O3S. The van der Waals surface area contributed by atoms with Crippen molar-refractivity contribution in [3.05, 3.63) is 53.6 Å². The molecule has 2 aromatic carbocycles. The molecule has 4 rings (SSSR count). The van der Waals surface area contributed by atoms with Gasteiger partial charge < -0.3 is 9.26 Å². The van der Waals surface area contributed by atoms with Crippen LogP contribution in [0.15, 0.2) is 47.0 Å². The molecule has 1 heterocycles. The summed E-state index contributed by atoms with van der Waals surface area (Å²) in [6.45, 7) is 3.09. The Morgan fingerprint density at radius 2 is 1.97 bits per heavy atom. The predicted molar refractivity (Wildman–Crippen MR) is 121 cm³/mol. The number of carbonyl (C=O) groups is 1. The van der Waals surface area contributed by atoms with Crippen molar-refractivity contribution in [2.45, 2.75) is 45.6 Å². The van der Waals surface area contributed by atoms with Crippen LogP contribution < -0.4 is 10.1 Å². The Kier molecular flexibility index (Phi) is 6.47. The van der Waals surface area contributed by atoms with Gasteiger partial charge in [-0.15, -0.1) is 0 Å². The van der Waals surface area contributed by atoms with Crippen LogP contribution in [-0.4, -0.2) is 22.0 Å². The monoisotopic (exact) mass is 425 g/mol. The smallest absolute Gasteiger partial charge is 0.332 e. The molecule has 0 atom stereocenters. The van der Waals surface area contributed by atoms with Crippen molar-refractivity contribution in [3.63, 3.8) is 0 Å². The highest BCUT2D eigenvalue weighted by Gasteiger charge is 2.22. The lowest BCUT2D eigenvalue weighted by atomic mass is 9.89. The number of nitrogens with one attached hydrogen (secondary N) is 1. The number of hydrogen-bond donors (Lipinski definition) is 2. The van der Waals surface area contributed by atoms with Crippen LogP contribution in [-0.2, 0) is 6.61 Å². The summed E-state index contributed by atoms with van der Waals surface area (Å²) in [6, 6.07) is 13.4. The lowest BCUT2D eigenvalue weighted by Gasteiger charge is -2.25. The second-order valence-electron chi connectivity index (χ2n) is 7.95. The van der Waals surface area contributed by atoms with Crippen molar-refractivity contribution in [1.29, 1.82) is 0 Å². The van der Waals surface area contributed by atoms with Crippen LogP contribution in [0.25, 0.3) is 11.0 Å². The third-order valence-electron chi connectivity index (χ3n) is 5.59. The number of hydrogen-bond acceptors (Lipinski definition) is 5. The van der Waals surface area contributed by atoms with Crippen molar-refractivity contribution in [2.75, 3.05) is 11.9 Å². The largest absolute Gasteiger partial charge is 0.488 e. The van der Waals surface area contributed by atoms with E-state index in [9.17, 15) is 4.79 Å². The van der Waals surface area contributed by atoms with E-state index < -0.39 is 0 Å². The zero-order valence-corrected chi connectivity index (χ0v) is 18.0. The molecule has 158 valence electrons. The number of anilines is 1. The summed E-state index contributed by atoms with van der Waals surface area (Å²) in [6.07, 6.45) is 6.03. The van der Waals surface area contributed by atoms with Gasteiger partial charge in [0.1, 0.15) is 17.7 Å². The van der Waals surface area contributed by atoms with E-state index in [1.807, 2.05) is 24.3 Å². The normalized spacial score (nSPS) is 14.6. The Morgan fingerprint density at radius 3 is 2.73 bits per heavy atom. The lowest BCUT2D eigenvalue weighted by Crippen LogP contribution is -2.32. The van der Waals surface area contributed by atoms with Gasteiger partial charge in [0.05, 0.1) is 0 Å². The number of aryl methyl sites for hydroxylation is 1. The Hall–Kier alpha value is -2.67. The first-order valence-electron chi connectivity index (χ1n) is 10.4. The van der Waals surface area contributed by atoms with Crippen molar-refractivity contribution >= 4 is 35.6 Å². The van der Waals surface area contributed by atoms with Gasteiger partial charge in [0.25, 0.3) is 0 Å². The van der Waals surface area contributed by atoms with Gasteiger partial charge in [-0.3, -0.25) is 9.62 Å². The fourth-order valence-electron chi connectivity index (χ4n) is 3.87. The lowest BCUT2D eigenvalue weighted by molar-refractivity contribution is 0.228. The number of rotatable bonds is 6. The average molecular weight is 426 g/mol. The number of amides is 2. The molecule has 1 aromatic heterocycles. The summed E-state index contributed by atoms with van der Waals surface area (Å²) in [7, 11) is 0. The summed E-state index contributed by atoms with van der Waals surface area (Å²) in [4.78, 5) is 12.7. The van der Waals surface area contributed by atoms with Gasteiger partial charge >= 0.3 is 6.03 Å². The van der Waals surface area contributed by atoms with Gasteiger partial charge in [-0.2, -0.15) is 0 Å². The Labute approximate surface area is 182 Å². The molecule has 1 N–H and O–H groups in total.